The summed E-state index contributed by atoms with van der Waals surface area (Å²) in [7, 11) is 0. The van der Waals surface area contributed by atoms with Crippen LogP contribution >= 0.6 is 15.9 Å². The molecule has 2 N–H and O–H groups in total. The van der Waals surface area contributed by atoms with E-state index in [4.69, 9.17) is 5.73 Å². The first-order chi connectivity index (χ1) is 9.95. The van der Waals surface area contributed by atoms with Crippen molar-refractivity contribution in [3.63, 3.8) is 0 Å². The predicted molar refractivity (Wildman–Crippen MR) is 80.9 cm³/mol. The summed E-state index contributed by atoms with van der Waals surface area (Å²) in [4.78, 5) is 24.7. The van der Waals surface area contributed by atoms with Crippen molar-refractivity contribution in [2.45, 2.75) is 18.9 Å². The van der Waals surface area contributed by atoms with Gasteiger partial charge in [-0.1, -0.05) is 15.9 Å². The Balaban J connectivity index is 1.82. The Morgan fingerprint density at radius 1 is 1.33 bits per heavy atom. The molecule has 7 heteroatoms. The second-order valence-electron chi connectivity index (χ2n) is 5.83. The summed E-state index contributed by atoms with van der Waals surface area (Å²) in [6, 6.07) is 4.53. The molecule has 3 unspecified atom stereocenters. The van der Waals surface area contributed by atoms with Gasteiger partial charge in [-0.3, -0.25) is 14.9 Å². The van der Waals surface area contributed by atoms with Crippen molar-refractivity contribution in [1.82, 2.24) is 4.90 Å². The van der Waals surface area contributed by atoms with Crippen LogP contribution in [0.25, 0.3) is 0 Å². The van der Waals surface area contributed by atoms with Crippen LogP contribution in [0.15, 0.2) is 22.7 Å². The van der Waals surface area contributed by atoms with E-state index in [-0.39, 0.29) is 17.6 Å². The molecule has 2 aliphatic rings. The van der Waals surface area contributed by atoms with E-state index in [1.165, 1.54) is 12.1 Å². The highest BCUT2D eigenvalue weighted by atomic mass is 79.9. The molecule has 3 rings (SSSR count). The number of nitro benzene ring substituents is 1. The van der Waals surface area contributed by atoms with Gasteiger partial charge in [0.05, 0.1) is 4.92 Å². The summed E-state index contributed by atoms with van der Waals surface area (Å²) in [5.41, 5.74) is 6.35. The van der Waals surface area contributed by atoms with Crippen molar-refractivity contribution in [3.05, 3.63) is 38.3 Å². The number of non-ortho nitro benzene ring substituents is 1. The largest absolute Gasteiger partial charge is 0.338 e. The average Bonchev–Trinajstić information content (AvgIpc) is 3.00. The molecule has 21 heavy (non-hydrogen) atoms. The van der Waals surface area contributed by atoms with Crippen LogP contribution in [0.5, 0.6) is 0 Å². The summed E-state index contributed by atoms with van der Waals surface area (Å²) < 4.78 is 0.538. The maximum atomic E-state index is 12.6. The highest BCUT2D eigenvalue weighted by Crippen LogP contribution is 2.37. The number of halogens is 1. The SMILES string of the molecule is NC1CCC2CN(C(=O)c3cc(Br)cc([N+](=O)[O-])c3)CC12. The summed E-state index contributed by atoms with van der Waals surface area (Å²) >= 11 is 3.22. The third-order valence-electron chi connectivity index (χ3n) is 4.54. The summed E-state index contributed by atoms with van der Waals surface area (Å²) in [5.74, 6) is 0.697. The summed E-state index contributed by atoms with van der Waals surface area (Å²) in [5, 5.41) is 10.9. The number of benzene rings is 1. The van der Waals surface area contributed by atoms with Gasteiger partial charge in [-0.05, 0) is 30.7 Å². The smallest absolute Gasteiger partial charge is 0.271 e. The Labute approximate surface area is 130 Å². The second-order valence-corrected chi connectivity index (χ2v) is 6.75. The number of likely N-dealkylation sites (tertiary alicyclic amines) is 1. The number of hydrogen-bond acceptors (Lipinski definition) is 4. The molecule has 1 aliphatic heterocycles. The molecule has 0 bridgehead atoms. The van der Waals surface area contributed by atoms with Gasteiger partial charge >= 0.3 is 0 Å². The van der Waals surface area contributed by atoms with Crippen molar-refractivity contribution in [2.75, 3.05) is 13.1 Å². The van der Waals surface area contributed by atoms with Gasteiger partial charge < -0.3 is 10.6 Å². The number of rotatable bonds is 2. The lowest BCUT2D eigenvalue weighted by Gasteiger charge is -2.18. The molecule has 3 atom stereocenters. The van der Waals surface area contributed by atoms with Crippen LogP contribution in [-0.4, -0.2) is 34.9 Å². The van der Waals surface area contributed by atoms with Crippen LogP contribution in [-0.2, 0) is 0 Å². The predicted octanol–water partition coefficient (Wildman–Crippen LogP) is 2.17. The number of fused-ring (bicyclic) bond motifs is 1. The number of carbonyl (C=O) groups excluding carboxylic acids is 1. The van der Waals surface area contributed by atoms with Crippen molar-refractivity contribution in [3.8, 4) is 0 Å². The fourth-order valence-corrected chi connectivity index (χ4v) is 3.94. The average molecular weight is 354 g/mol. The zero-order valence-electron chi connectivity index (χ0n) is 11.4. The van der Waals surface area contributed by atoms with Gasteiger partial charge in [-0.25, -0.2) is 0 Å². The molecule has 6 nitrogen and oxygen atoms in total. The van der Waals surface area contributed by atoms with Crippen LogP contribution in [0.1, 0.15) is 23.2 Å². The molecule has 1 heterocycles. The molecule has 1 amide bonds. The molecule has 1 aliphatic carbocycles. The molecule has 1 aromatic rings. The Kier molecular flexibility index (Phi) is 3.71. The van der Waals surface area contributed by atoms with Crippen molar-refractivity contribution in [2.24, 2.45) is 17.6 Å². The highest BCUT2D eigenvalue weighted by molar-refractivity contribution is 9.10. The third-order valence-corrected chi connectivity index (χ3v) is 5.00. The lowest BCUT2D eigenvalue weighted by Crippen LogP contribution is -2.33. The van der Waals surface area contributed by atoms with Crippen molar-refractivity contribution < 1.29 is 9.72 Å². The Hall–Kier alpha value is -1.47. The molecule has 1 saturated heterocycles. The topological polar surface area (TPSA) is 89.5 Å². The molecule has 0 aromatic heterocycles. The van der Waals surface area contributed by atoms with E-state index in [2.05, 4.69) is 15.9 Å². The molecule has 112 valence electrons. The van der Waals surface area contributed by atoms with E-state index in [1.54, 1.807) is 11.0 Å². The van der Waals surface area contributed by atoms with Crippen molar-refractivity contribution in [1.29, 1.82) is 0 Å². The standard InChI is InChI=1S/C14H16BrN3O3/c15-10-3-9(4-11(5-10)18(20)21)14(19)17-6-8-1-2-13(16)12(8)7-17/h3-5,8,12-13H,1-2,6-7,16H2. The van der Waals surface area contributed by atoms with Gasteiger partial charge in [-0.15, -0.1) is 0 Å². The first-order valence-electron chi connectivity index (χ1n) is 6.95. The minimum absolute atomic E-state index is 0.0798. The molecule has 0 radical (unpaired) electrons. The Morgan fingerprint density at radius 3 is 2.76 bits per heavy atom. The maximum Gasteiger partial charge on any atom is 0.271 e. The van der Waals surface area contributed by atoms with E-state index < -0.39 is 4.92 Å². The fraction of sp³-hybridized carbons (Fsp3) is 0.500. The normalized spacial score (nSPS) is 27.7. The molecule has 1 aromatic carbocycles. The van der Waals surface area contributed by atoms with Gasteiger partial charge in [0.1, 0.15) is 0 Å². The monoisotopic (exact) mass is 353 g/mol. The number of hydrogen-bond donors (Lipinski definition) is 1. The third kappa shape index (κ3) is 2.67. The number of nitro groups is 1. The molecule has 1 saturated carbocycles. The lowest BCUT2D eigenvalue weighted by molar-refractivity contribution is -0.385. The van der Waals surface area contributed by atoms with Gasteiger partial charge in [0.2, 0.25) is 0 Å². The van der Waals surface area contributed by atoms with E-state index in [0.717, 1.165) is 12.8 Å². The number of nitrogens with two attached hydrogens (primary N) is 1. The molecular formula is C14H16BrN3O3. The van der Waals surface area contributed by atoms with Gasteiger partial charge in [0, 0.05) is 41.3 Å². The number of amides is 1. The molecule has 0 spiro atoms. The Morgan fingerprint density at radius 2 is 2.10 bits per heavy atom. The van der Waals surface area contributed by atoms with Gasteiger partial charge in [-0.2, -0.15) is 0 Å². The summed E-state index contributed by atoms with van der Waals surface area (Å²) in [6.07, 6.45) is 2.09. The fourth-order valence-electron chi connectivity index (χ4n) is 3.46. The maximum absolute atomic E-state index is 12.6. The zero-order valence-corrected chi connectivity index (χ0v) is 13.0. The first kappa shape index (κ1) is 14.5. The quantitative estimate of drug-likeness (QED) is 0.651. The molecular weight excluding hydrogens is 338 g/mol. The van der Waals surface area contributed by atoms with Crippen molar-refractivity contribution >= 4 is 27.5 Å². The van der Waals surface area contributed by atoms with E-state index in [1.807, 2.05) is 0 Å². The van der Waals surface area contributed by atoms with E-state index in [0.29, 0.717) is 35.0 Å². The number of carbonyl (C=O) groups is 1. The molecule has 2 fully saturated rings. The van der Waals surface area contributed by atoms with Crippen LogP contribution in [0.4, 0.5) is 5.69 Å². The van der Waals surface area contributed by atoms with Gasteiger partial charge in [0.15, 0.2) is 0 Å². The zero-order chi connectivity index (χ0) is 15.1. The minimum atomic E-state index is -0.490. The van der Waals surface area contributed by atoms with Gasteiger partial charge in [0.25, 0.3) is 11.6 Å². The van der Waals surface area contributed by atoms with Crippen LogP contribution in [0.2, 0.25) is 0 Å². The van der Waals surface area contributed by atoms with E-state index in [9.17, 15) is 14.9 Å². The lowest BCUT2D eigenvalue weighted by atomic mass is 9.98. The minimum Gasteiger partial charge on any atom is -0.338 e. The second kappa shape index (κ2) is 5.38. The summed E-state index contributed by atoms with van der Waals surface area (Å²) in [6.45, 7) is 1.36. The first-order valence-corrected chi connectivity index (χ1v) is 7.75. The van der Waals surface area contributed by atoms with E-state index >= 15 is 0 Å². The van der Waals surface area contributed by atoms with Crippen LogP contribution < -0.4 is 5.73 Å². The Bertz CT molecular complexity index is 607. The van der Waals surface area contributed by atoms with Crippen LogP contribution in [0, 0.1) is 22.0 Å². The van der Waals surface area contributed by atoms with Crippen LogP contribution in [0.3, 0.4) is 0 Å². The highest BCUT2D eigenvalue weighted by Gasteiger charge is 2.42. The number of nitrogens with zero attached hydrogens (tertiary/aromatic N) is 2.